The first-order valence-corrected chi connectivity index (χ1v) is 6.59. The van der Waals surface area contributed by atoms with E-state index in [1.807, 2.05) is 0 Å². The minimum absolute atomic E-state index is 0.243. The Morgan fingerprint density at radius 3 is 2.63 bits per heavy atom. The summed E-state index contributed by atoms with van der Waals surface area (Å²) in [6.07, 6.45) is -2.32. The summed E-state index contributed by atoms with van der Waals surface area (Å²) in [6, 6.07) is 0.316. The second-order valence-electron chi connectivity index (χ2n) is 5.20. The van der Waals surface area contributed by atoms with Gasteiger partial charge in [0.05, 0.1) is 0 Å². The maximum atomic E-state index is 12.7. The summed E-state index contributed by atoms with van der Waals surface area (Å²) in [5.74, 6) is -2.67. The standard InChI is InChI=1S/C12H23F3N4/c1-3-19-6-4-5-9(19)7-18(2)8-10(11(16)17)12(13,14)15/h9-10H,3-8H2,1-2H3,(H3,16,17). The maximum absolute atomic E-state index is 12.7. The van der Waals surface area contributed by atoms with Gasteiger partial charge in [0.1, 0.15) is 11.8 Å². The molecule has 0 saturated carbocycles. The highest BCUT2D eigenvalue weighted by Crippen LogP contribution is 2.27. The van der Waals surface area contributed by atoms with Gasteiger partial charge in [-0.3, -0.25) is 10.3 Å². The van der Waals surface area contributed by atoms with Crippen LogP contribution >= 0.6 is 0 Å². The van der Waals surface area contributed by atoms with E-state index in [0.717, 1.165) is 25.9 Å². The van der Waals surface area contributed by atoms with Crippen molar-refractivity contribution in [2.24, 2.45) is 11.7 Å². The quantitative estimate of drug-likeness (QED) is 0.573. The van der Waals surface area contributed by atoms with Crippen molar-refractivity contribution < 1.29 is 13.2 Å². The van der Waals surface area contributed by atoms with Crippen LogP contribution < -0.4 is 5.73 Å². The van der Waals surface area contributed by atoms with E-state index in [1.54, 1.807) is 11.9 Å². The van der Waals surface area contributed by atoms with E-state index < -0.39 is 17.9 Å². The highest BCUT2D eigenvalue weighted by atomic mass is 19.4. The van der Waals surface area contributed by atoms with Gasteiger partial charge in [0.2, 0.25) is 0 Å². The van der Waals surface area contributed by atoms with Crippen LogP contribution in [0.15, 0.2) is 0 Å². The number of amidine groups is 1. The Kier molecular flexibility index (Phi) is 5.61. The van der Waals surface area contributed by atoms with Crippen molar-refractivity contribution in [2.75, 3.05) is 33.2 Å². The van der Waals surface area contributed by atoms with Crippen molar-refractivity contribution in [2.45, 2.75) is 32.0 Å². The highest BCUT2D eigenvalue weighted by molar-refractivity contribution is 5.80. The summed E-state index contributed by atoms with van der Waals surface area (Å²) in [5.41, 5.74) is 5.06. The first kappa shape index (κ1) is 16.2. The number of alkyl halides is 3. The molecule has 1 saturated heterocycles. The van der Waals surface area contributed by atoms with Crippen LogP contribution in [-0.2, 0) is 0 Å². The minimum Gasteiger partial charge on any atom is -0.387 e. The molecule has 0 spiro atoms. The number of hydrogen-bond donors (Lipinski definition) is 2. The van der Waals surface area contributed by atoms with Crippen LogP contribution in [0.1, 0.15) is 19.8 Å². The van der Waals surface area contributed by atoms with Crippen molar-refractivity contribution in [1.82, 2.24) is 9.80 Å². The van der Waals surface area contributed by atoms with E-state index >= 15 is 0 Å². The second kappa shape index (κ2) is 6.56. The molecule has 0 aromatic rings. The average Bonchev–Trinajstić information content (AvgIpc) is 2.71. The topological polar surface area (TPSA) is 56.4 Å². The predicted molar refractivity (Wildman–Crippen MR) is 69.2 cm³/mol. The van der Waals surface area contributed by atoms with Crippen molar-refractivity contribution in [3.05, 3.63) is 0 Å². The third-order valence-electron chi connectivity index (χ3n) is 3.69. The second-order valence-corrected chi connectivity index (χ2v) is 5.20. The Morgan fingerprint density at radius 1 is 1.53 bits per heavy atom. The zero-order chi connectivity index (χ0) is 14.6. The van der Waals surface area contributed by atoms with Gasteiger partial charge < -0.3 is 10.6 Å². The number of nitrogens with zero attached hydrogens (tertiary/aromatic N) is 2. The van der Waals surface area contributed by atoms with Crippen molar-refractivity contribution >= 4 is 5.84 Å². The molecule has 1 aliphatic heterocycles. The number of halogens is 3. The summed E-state index contributed by atoms with van der Waals surface area (Å²) >= 11 is 0. The highest BCUT2D eigenvalue weighted by Gasteiger charge is 2.42. The van der Waals surface area contributed by atoms with Gasteiger partial charge in [-0.05, 0) is 33.0 Å². The molecular weight excluding hydrogens is 257 g/mol. The Balaban J connectivity index is 2.53. The lowest BCUT2D eigenvalue weighted by Gasteiger charge is -2.30. The van der Waals surface area contributed by atoms with E-state index in [4.69, 9.17) is 11.1 Å². The number of nitrogens with one attached hydrogen (secondary N) is 1. The van der Waals surface area contributed by atoms with E-state index in [0.29, 0.717) is 12.6 Å². The molecule has 3 N–H and O–H groups in total. The Bertz CT molecular complexity index is 306. The molecule has 0 aromatic heterocycles. The predicted octanol–water partition coefficient (Wildman–Crippen LogP) is 1.52. The zero-order valence-corrected chi connectivity index (χ0v) is 11.5. The van der Waals surface area contributed by atoms with Crippen LogP contribution in [0.5, 0.6) is 0 Å². The molecule has 19 heavy (non-hydrogen) atoms. The molecule has 1 fully saturated rings. The van der Waals surface area contributed by atoms with E-state index in [9.17, 15) is 13.2 Å². The summed E-state index contributed by atoms with van der Waals surface area (Å²) in [5, 5.41) is 7.08. The van der Waals surface area contributed by atoms with Crippen LogP contribution in [0, 0.1) is 11.3 Å². The lowest BCUT2D eigenvalue weighted by Crippen LogP contribution is -2.46. The summed E-state index contributed by atoms with van der Waals surface area (Å²) in [4.78, 5) is 3.92. The summed E-state index contributed by atoms with van der Waals surface area (Å²) in [7, 11) is 1.66. The molecule has 0 amide bonds. The minimum atomic E-state index is -4.44. The summed E-state index contributed by atoms with van der Waals surface area (Å²) < 4.78 is 38.2. The van der Waals surface area contributed by atoms with Crippen molar-refractivity contribution in [3.8, 4) is 0 Å². The Labute approximate surface area is 112 Å². The fourth-order valence-corrected chi connectivity index (χ4v) is 2.64. The number of hydrogen-bond acceptors (Lipinski definition) is 3. The Morgan fingerprint density at radius 2 is 2.16 bits per heavy atom. The zero-order valence-electron chi connectivity index (χ0n) is 11.5. The van der Waals surface area contributed by atoms with Crippen LogP contribution in [-0.4, -0.2) is 61.1 Å². The van der Waals surface area contributed by atoms with Gasteiger partial charge in [-0.2, -0.15) is 13.2 Å². The fourth-order valence-electron chi connectivity index (χ4n) is 2.64. The molecule has 1 rings (SSSR count). The third-order valence-corrected chi connectivity index (χ3v) is 3.69. The lowest BCUT2D eigenvalue weighted by molar-refractivity contribution is -0.159. The molecule has 7 heteroatoms. The van der Waals surface area contributed by atoms with Gasteiger partial charge >= 0.3 is 6.18 Å². The van der Waals surface area contributed by atoms with E-state index in [1.165, 1.54) is 0 Å². The molecule has 0 bridgehead atoms. The average molecular weight is 280 g/mol. The van der Waals surface area contributed by atoms with Gasteiger partial charge in [-0.1, -0.05) is 6.92 Å². The molecule has 112 valence electrons. The first-order valence-electron chi connectivity index (χ1n) is 6.59. The van der Waals surface area contributed by atoms with E-state index in [-0.39, 0.29) is 6.54 Å². The third kappa shape index (κ3) is 4.65. The van der Waals surface area contributed by atoms with Gasteiger partial charge in [-0.25, -0.2) is 0 Å². The van der Waals surface area contributed by atoms with Crippen molar-refractivity contribution in [1.29, 1.82) is 5.41 Å². The Hall–Kier alpha value is -0.820. The molecule has 2 atom stereocenters. The first-order chi connectivity index (χ1) is 8.75. The molecule has 1 heterocycles. The largest absolute Gasteiger partial charge is 0.399 e. The fraction of sp³-hybridized carbons (Fsp3) is 0.917. The maximum Gasteiger partial charge on any atom is 0.399 e. The number of likely N-dealkylation sites (N-methyl/N-ethyl adjacent to an activating group) is 2. The normalized spacial score (nSPS) is 22.9. The van der Waals surface area contributed by atoms with Crippen LogP contribution in [0.2, 0.25) is 0 Å². The van der Waals surface area contributed by atoms with Crippen LogP contribution in [0.4, 0.5) is 13.2 Å². The molecule has 1 aliphatic rings. The smallest absolute Gasteiger partial charge is 0.387 e. The van der Waals surface area contributed by atoms with Gasteiger partial charge in [0.25, 0.3) is 0 Å². The molecule has 2 unspecified atom stereocenters. The number of rotatable bonds is 6. The molecule has 0 radical (unpaired) electrons. The molecule has 0 aromatic carbocycles. The molecule has 0 aliphatic carbocycles. The molecule has 4 nitrogen and oxygen atoms in total. The SMILES string of the molecule is CCN1CCCC1CN(C)CC(C(=N)N)C(F)(F)F. The van der Waals surface area contributed by atoms with Crippen LogP contribution in [0.25, 0.3) is 0 Å². The van der Waals surface area contributed by atoms with Gasteiger partial charge in [0, 0.05) is 19.1 Å². The lowest BCUT2D eigenvalue weighted by atomic mass is 10.1. The van der Waals surface area contributed by atoms with E-state index in [2.05, 4.69) is 11.8 Å². The van der Waals surface area contributed by atoms with Crippen molar-refractivity contribution in [3.63, 3.8) is 0 Å². The number of nitrogens with two attached hydrogens (primary N) is 1. The number of likely N-dealkylation sites (tertiary alicyclic amines) is 1. The van der Waals surface area contributed by atoms with Crippen LogP contribution in [0.3, 0.4) is 0 Å². The molecular formula is C12H23F3N4. The van der Waals surface area contributed by atoms with Gasteiger partial charge in [-0.15, -0.1) is 0 Å². The summed E-state index contributed by atoms with van der Waals surface area (Å²) in [6.45, 7) is 4.35. The van der Waals surface area contributed by atoms with Gasteiger partial charge in [0.15, 0.2) is 0 Å². The monoisotopic (exact) mass is 280 g/mol.